The van der Waals surface area contributed by atoms with E-state index in [9.17, 15) is 0 Å². The molecule has 0 spiro atoms. The smallest absolute Gasteiger partial charge is 0.123 e. The highest BCUT2D eigenvalue weighted by atomic mass is 16.5. The van der Waals surface area contributed by atoms with Crippen LogP contribution < -0.4 is 0 Å². The molecule has 2 heterocycles. The molecule has 0 aliphatic heterocycles. The van der Waals surface area contributed by atoms with E-state index in [1.54, 1.807) is 25.8 Å². The molecule has 14 heavy (non-hydrogen) atoms. The molecule has 72 valence electrons. The Hall–Kier alpha value is -1.75. The summed E-state index contributed by atoms with van der Waals surface area (Å²) in [5.41, 5.74) is 1.75. The molecule has 5 nitrogen and oxygen atoms in total. The van der Waals surface area contributed by atoms with Crippen LogP contribution in [0.3, 0.4) is 0 Å². The molecule has 0 saturated heterocycles. The van der Waals surface area contributed by atoms with E-state index in [1.165, 1.54) is 6.33 Å². The van der Waals surface area contributed by atoms with Crippen molar-refractivity contribution in [3.05, 3.63) is 31.2 Å². The largest absolute Gasteiger partial charge is 0.364 e. The zero-order valence-corrected chi connectivity index (χ0v) is 7.79. The lowest BCUT2D eigenvalue weighted by molar-refractivity contribution is 0.131. The third-order valence-corrected chi connectivity index (χ3v) is 1.77. The Balaban J connectivity index is 2.25. The van der Waals surface area contributed by atoms with Gasteiger partial charge in [0.05, 0.1) is 12.0 Å². The topological polar surface area (TPSA) is 52.8 Å². The first kappa shape index (κ1) is 8.83. The highest BCUT2D eigenvalue weighted by Gasteiger charge is 2.01. The minimum absolute atomic E-state index is 0.501. The van der Waals surface area contributed by atoms with Crippen LogP contribution in [0, 0.1) is 0 Å². The third-order valence-electron chi connectivity index (χ3n) is 1.77. The fourth-order valence-electron chi connectivity index (χ4n) is 1.16. The fraction of sp³-hybridized carbons (Fsp3) is 0.222. The van der Waals surface area contributed by atoms with Crippen LogP contribution in [0.4, 0.5) is 0 Å². The van der Waals surface area contributed by atoms with Gasteiger partial charge < -0.3 is 9.30 Å². The molecular weight excluding hydrogens is 180 g/mol. The number of rotatable bonds is 3. The molecule has 2 rings (SSSR count). The quantitative estimate of drug-likeness (QED) is 0.722. The summed E-state index contributed by atoms with van der Waals surface area (Å²) < 4.78 is 6.82. The molecule has 5 heteroatoms. The van der Waals surface area contributed by atoms with Crippen LogP contribution in [0.25, 0.3) is 11.3 Å². The van der Waals surface area contributed by atoms with Gasteiger partial charge in [-0.3, -0.25) is 0 Å². The number of aromatic nitrogens is 4. The number of hydrogen-bond donors (Lipinski definition) is 0. The van der Waals surface area contributed by atoms with Gasteiger partial charge in [-0.05, 0) is 0 Å². The molecule has 2 aromatic heterocycles. The van der Waals surface area contributed by atoms with Gasteiger partial charge in [0.1, 0.15) is 13.1 Å². The van der Waals surface area contributed by atoms with Crippen LogP contribution in [0.1, 0.15) is 0 Å². The highest BCUT2D eigenvalue weighted by molar-refractivity contribution is 5.55. The van der Waals surface area contributed by atoms with Crippen LogP contribution in [-0.4, -0.2) is 26.6 Å². The lowest BCUT2D eigenvalue weighted by Crippen LogP contribution is -1.94. The molecule has 2 aromatic rings. The summed E-state index contributed by atoms with van der Waals surface area (Å²) >= 11 is 0. The SMILES string of the molecule is COCn1cnc(-c2cncnc2)c1. The molecule has 0 radical (unpaired) electrons. The van der Waals surface area contributed by atoms with Crippen LogP contribution >= 0.6 is 0 Å². The van der Waals surface area contributed by atoms with Crippen molar-refractivity contribution in [1.82, 2.24) is 19.5 Å². The summed E-state index contributed by atoms with van der Waals surface area (Å²) in [5.74, 6) is 0. The first-order chi connectivity index (χ1) is 6.90. The molecule has 0 bridgehead atoms. The van der Waals surface area contributed by atoms with Gasteiger partial charge in [-0.1, -0.05) is 0 Å². The van der Waals surface area contributed by atoms with Crippen LogP contribution in [0.5, 0.6) is 0 Å². The van der Waals surface area contributed by atoms with Gasteiger partial charge in [-0.25, -0.2) is 15.0 Å². The molecule has 0 atom stereocenters. The predicted octanol–water partition coefficient (Wildman–Crippen LogP) is 0.944. The first-order valence-electron chi connectivity index (χ1n) is 4.16. The Morgan fingerprint density at radius 1 is 1.36 bits per heavy atom. The summed E-state index contributed by atoms with van der Waals surface area (Å²) in [7, 11) is 1.64. The van der Waals surface area contributed by atoms with Gasteiger partial charge in [0.2, 0.25) is 0 Å². The second kappa shape index (κ2) is 3.97. The van der Waals surface area contributed by atoms with Gasteiger partial charge in [0.15, 0.2) is 0 Å². The average Bonchev–Trinajstić information content (AvgIpc) is 2.68. The van der Waals surface area contributed by atoms with Gasteiger partial charge in [-0.15, -0.1) is 0 Å². The van der Waals surface area contributed by atoms with Crippen molar-refractivity contribution < 1.29 is 4.74 Å². The van der Waals surface area contributed by atoms with Crippen LogP contribution in [0.2, 0.25) is 0 Å². The van der Waals surface area contributed by atoms with E-state index < -0.39 is 0 Å². The van der Waals surface area contributed by atoms with Gasteiger partial charge in [0, 0.05) is 31.3 Å². The minimum atomic E-state index is 0.501. The number of nitrogens with zero attached hydrogens (tertiary/aromatic N) is 4. The standard InChI is InChI=1S/C9H10N4O/c1-14-7-13-4-9(12-6-13)8-2-10-5-11-3-8/h2-6H,7H2,1H3. The minimum Gasteiger partial charge on any atom is -0.364 e. The molecule has 0 aliphatic carbocycles. The summed E-state index contributed by atoms with van der Waals surface area (Å²) in [6.07, 6.45) is 8.56. The number of imidazole rings is 1. The normalized spacial score (nSPS) is 10.4. The Bertz CT molecular complexity index is 398. The van der Waals surface area contributed by atoms with Crippen molar-refractivity contribution in [1.29, 1.82) is 0 Å². The molecule has 0 aliphatic rings. The van der Waals surface area contributed by atoms with Crippen molar-refractivity contribution in [2.45, 2.75) is 6.73 Å². The van der Waals surface area contributed by atoms with Gasteiger partial charge in [0.25, 0.3) is 0 Å². The monoisotopic (exact) mass is 190 g/mol. The fourth-order valence-corrected chi connectivity index (χ4v) is 1.16. The van der Waals surface area contributed by atoms with Crippen molar-refractivity contribution in [3.63, 3.8) is 0 Å². The molecule has 0 aromatic carbocycles. The Morgan fingerprint density at radius 2 is 2.14 bits per heavy atom. The van der Waals surface area contributed by atoms with Gasteiger partial charge >= 0.3 is 0 Å². The highest BCUT2D eigenvalue weighted by Crippen LogP contribution is 2.13. The lowest BCUT2D eigenvalue weighted by atomic mass is 10.3. The predicted molar refractivity (Wildman–Crippen MR) is 50.3 cm³/mol. The second-order valence-electron chi connectivity index (χ2n) is 2.82. The molecule has 0 unspecified atom stereocenters. The third kappa shape index (κ3) is 1.77. The zero-order chi connectivity index (χ0) is 9.80. The van der Waals surface area contributed by atoms with Crippen molar-refractivity contribution >= 4 is 0 Å². The summed E-state index contributed by atoms with van der Waals surface area (Å²) in [5, 5.41) is 0. The Kier molecular flexibility index (Phi) is 2.51. The number of ether oxygens (including phenoxy) is 1. The lowest BCUT2D eigenvalue weighted by Gasteiger charge is -1.96. The molecule has 0 saturated carbocycles. The number of hydrogen-bond acceptors (Lipinski definition) is 4. The molecular formula is C9H10N4O. The number of methoxy groups -OCH3 is 1. The Morgan fingerprint density at radius 3 is 2.86 bits per heavy atom. The van der Waals surface area contributed by atoms with Crippen LogP contribution in [-0.2, 0) is 11.5 Å². The van der Waals surface area contributed by atoms with Gasteiger partial charge in [-0.2, -0.15) is 0 Å². The van der Waals surface area contributed by atoms with E-state index >= 15 is 0 Å². The van der Waals surface area contributed by atoms with Crippen molar-refractivity contribution in [2.24, 2.45) is 0 Å². The average molecular weight is 190 g/mol. The second-order valence-corrected chi connectivity index (χ2v) is 2.82. The van der Waals surface area contributed by atoms with E-state index in [1.807, 2.05) is 10.8 Å². The van der Waals surface area contributed by atoms with E-state index in [2.05, 4.69) is 15.0 Å². The maximum Gasteiger partial charge on any atom is 0.123 e. The van der Waals surface area contributed by atoms with E-state index in [4.69, 9.17) is 4.74 Å². The van der Waals surface area contributed by atoms with E-state index in [-0.39, 0.29) is 0 Å². The summed E-state index contributed by atoms with van der Waals surface area (Å²) in [4.78, 5) is 12.1. The Labute approximate surface area is 81.4 Å². The van der Waals surface area contributed by atoms with E-state index in [0.29, 0.717) is 6.73 Å². The van der Waals surface area contributed by atoms with E-state index in [0.717, 1.165) is 11.3 Å². The summed E-state index contributed by atoms with van der Waals surface area (Å²) in [6, 6.07) is 0. The molecule has 0 N–H and O–H groups in total. The first-order valence-corrected chi connectivity index (χ1v) is 4.16. The maximum absolute atomic E-state index is 4.97. The summed E-state index contributed by atoms with van der Waals surface area (Å²) in [6.45, 7) is 0.501. The maximum atomic E-state index is 4.97. The van der Waals surface area contributed by atoms with Crippen LogP contribution in [0.15, 0.2) is 31.2 Å². The molecule has 0 amide bonds. The molecule has 0 fully saturated rings. The zero-order valence-electron chi connectivity index (χ0n) is 7.79. The van der Waals surface area contributed by atoms with Crippen molar-refractivity contribution in [3.8, 4) is 11.3 Å². The van der Waals surface area contributed by atoms with Crippen molar-refractivity contribution in [2.75, 3.05) is 7.11 Å².